The van der Waals surface area contributed by atoms with Crippen molar-refractivity contribution in [3.8, 4) is 0 Å². The van der Waals surface area contributed by atoms with Gasteiger partial charge in [0.15, 0.2) is 12.6 Å². The average Bonchev–Trinajstić information content (AvgIpc) is 2.95. The first-order chi connectivity index (χ1) is 16.4. The molecular formula is C28H48O6. The summed E-state index contributed by atoms with van der Waals surface area (Å²) in [5, 5.41) is 10.0. The summed E-state index contributed by atoms with van der Waals surface area (Å²) in [5.41, 5.74) is 0.916. The van der Waals surface area contributed by atoms with Crippen molar-refractivity contribution in [1.29, 1.82) is 0 Å². The molecular weight excluding hydrogens is 432 g/mol. The van der Waals surface area contributed by atoms with Gasteiger partial charge in [-0.2, -0.15) is 0 Å². The number of unbranched alkanes of at least 4 members (excludes halogenated alkanes) is 1. The molecule has 0 aliphatic heterocycles. The Labute approximate surface area is 207 Å². The third-order valence-corrected chi connectivity index (χ3v) is 6.35. The second-order valence-corrected chi connectivity index (χ2v) is 9.56. The molecule has 34 heavy (non-hydrogen) atoms. The Bertz CT molecular complexity index is 592. The van der Waals surface area contributed by atoms with Crippen LogP contribution in [0, 0.1) is 0 Å². The second kappa shape index (κ2) is 18.9. The van der Waals surface area contributed by atoms with Crippen molar-refractivity contribution in [2.45, 2.75) is 135 Å². The SMILES string of the molecule is C=C(C=CC(OC(C)CC)OC(CO)C(C=O)OC1CCCCCCCC1)CCCCC(C)=O. The highest BCUT2D eigenvalue weighted by Gasteiger charge is 2.28. The Morgan fingerprint density at radius 1 is 1.06 bits per heavy atom. The lowest BCUT2D eigenvalue weighted by molar-refractivity contribution is -0.204. The van der Waals surface area contributed by atoms with Crippen molar-refractivity contribution in [1.82, 2.24) is 0 Å². The molecule has 4 unspecified atom stereocenters. The Balaban J connectivity index is 2.75. The van der Waals surface area contributed by atoms with Crippen molar-refractivity contribution in [3.63, 3.8) is 0 Å². The number of allylic oxidation sites excluding steroid dienone is 2. The average molecular weight is 481 g/mol. The number of aldehydes is 1. The van der Waals surface area contributed by atoms with Crippen LogP contribution in [0.3, 0.4) is 0 Å². The van der Waals surface area contributed by atoms with E-state index >= 15 is 0 Å². The van der Waals surface area contributed by atoms with Crippen LogP contribution in [-0.4, -0.2) is 54.5 Å². The minimum absolute atomic E-state index is 0.00482. The second-order valence-electron chi connectivity index (χ2n) is 9.56. The molecule has 0 heterocycles. The lowest BCUT2D eigenvalue weighted by Crippen LogP contribution is -2.41. The summed E-state index contributed by atoms with van der Waals surface area (Å²) in [4.78, 5) is 23.0. The van der Waals surface area contributed by atoms with E-state index in [2.05, 4.69) is 6.58 Å². The zero-order valence-electron chi connectivity index (χ0n) is 21.7. The number of carbonyl (C=O) groups excluding carboxylic acids is 2. The number of hydrogen-bond acceptors (Lipinski definition) is 6. The fourth-order valence-electron chi connectivity index (χ4n) is 4.03. The lowest BCUT2D eigenvalue weighted by atomic mass is 10.1. The van der Waals surface area contributed by atoms with E-state index in [1.54, 1.807) is 13.0 Å². The number of hydrogen-bond donors (Lipinski definition) is 1. The molecule has 6 nitrogen and oxygen atoms in total. The van der Waals surface area contributed by atoms with Crippen LogP contribution in [0.5, 0.6) is 0 Å². The maximum absolute atomic E-state index is 11.9. The van der Waals surface area contributed by atoms with Gasteiger partial charge in [0.25, 0.3) is 0 Å². The van der Waals surface area contributed by atoms with Crippen LogP contribution in [0.25, 0.3) is 0 Å². The number of ether oxygens (including phenoxy) is 3. The Kier molecular flexibility index (Phi) is 17.1. The molecule has 0 bridgehead atoms. The molecule has 0 aromatic heterocycles. The van der Waals surface area contributed by atoms with Crippen LogP contribution in [0.1, 0.15) is 104 Å². The number of ketones is 1. The van der Waals surface area contributed by atoms with Gasteiger partial charge in [-0.05, 0) is 58.4 Å². The van der Waals surface area contributed by atoms with Gasteiger partial charge in [-0.25, -0.2) is 0 Å². The monoisotopic (exact) mass is 480 g/mol. The fourth-order valence-corrected chi connectivity index (χ4v) is 4.03. The maximum Gasteiger partial charge on any atom is 0.178 e. The van der Waals surface area contributed by atoms with E-state index in [4.69, 9.17) is 14.2 Å². The van der Waals surface area contributed by atoms with Gasteiger partial charge in [0, 0.05) is 6.42 Å². The maximum atomic E-state index is 11.9. The van der Waals surface area contributed by atoms with E-state index in [1.807, 2.05) is 19.9 Å². The lowest BCUT2D eigenvalue weighted by Gasteiger charge is -2.30. The number of aliphatic hydroxyl groups is 1. The molecule has 0 aromatic carbocycles. The predicted octanol–water partition coefficient (Wildman–Crippen LogP) is 5.85. The quantitative estimate of drug-likeness (QED) is 0.122. The van der Waals surface area contributed by atoms with Crippen LogP contribution >= 0.6 is 0 Å². The van der Waals surface area contributed by atoms with Crippen molar-refractivity contribution in [3.05, 3.63) is 24.3 Å². The van der Waals surface area contributed by atoms with Gasteiger partial charge in [-0.15, -0.1) is 0 Å². The van der Waals surface area contributed by atoms with E-state index in [0.717, 1.165) is 63.2 Å². The zero-order valence-corrected chi connectivity index (χ0v) is 21.7. The minimum atomic E-state index is -0.845. The van der Waals surface area contributed by atoms with Crippen molar-refractivity contribution in [2.24, 2.45) is 0 Å². The first-order valence-corrected chi connectivity index (χ1v) is 13.3. The largest absolute Gasteiger partial charge is 0.394 e. The van der Waals surface area contributed by atoms with Crippen LogP contribution in [0.15, 0.2) is 24.3 Å². The summed E-state index contributed by atoms with van der Waals surface area (Å²) in [6, 6.07) is 0. The number of Topliss-reactive ketones (excluding diaryl/α,β-unsaturated/α-hetero) is 1. The Morgan fingerprint density at radius 2 is 1.68 bits per heavy atom. The van der Waals surface area contributed by atoms with E-state index in [1.165, 1.54) is 25.7 Å². The van der Waals surface area contributed by atoms with Gasteiger partial charge in [-0.1, -0.05) is 63.7 Å². The third kappa shape index (κ3) is 14.1. The first kappa shape index (κ1) is 30.7. The van der Waals surface area contributed by atoms with E-state index in [0.29, 0.717) is 6.42 Å². The molecule has 1 rings (SSSR count). The molecule has 6 heteroatoms. The molecule has 196 valence electrons. The molecule has 1 N–H and O–H groups in total. The van der Waals surface area contributed by atoms with Crippen LogP contribution in [0.4, 0.5) is 0 Å². The van der Waals surface area contributed by atoms with Gasteiger partial charge in [0.05, 0.1) is 18.8 Å². The molecule has 0 radical (unpaired) electrons. The molecule has 0 amide bonds. The standard InChI is InChI=1S/C28H48O6/c1-5-24(4)32-28(19-18-22(2)14-12-13-15-23(3)31)34-27(21-30)26(20-29)33-25-16-10-8-6-7-9-11-17-25/h18-20,24-28,30H,2,5-17,21H2,1,3-4H3. The molecule has 4 atom stereocenters. The smallest absolute Gasteiger partial charge is 0.178 e. The molecule has 1 aliphatic carbocycles. The van der Waals surface area contributed by atoms with Crippen LogP contribution < -0.4 is 0 Å². The van der Waals surface area contributed by atoms with E-state index in [9.17, 15) is 14.7 Å². The number of carbonyl (C=O) groups is 2. The molecule has 0 aromatic rings. The highest BCUT2D eigenvalue weighted by molar-refractivity contribution is 5.75. The number of aliphatic hydroxyl groups excluding tert-OH is 1. The van der Waals surface area contributed by atoms with E-state index in [-0.39, 0.29) is 24.6 Å². The summed E-state index contributed by atoms with van der Waals surface area (Å²) in [5.74, 6) is 0.202. The highest BCUT2D eigenvalue weighted by Crippen LogP contribution is 2.22. The molecule has 1 saturated carbocycles. The summed E-state index contributed by atoms with van der Waals surface area (Å²) < 4.78 is 18.2. The van der Waals surface area contributed by atoms with Crippen LogP contribution in [-0.2, 0) is 23.8 Å². The van der Waals surface area contributed by atoms with Crippen molar-refractivity contribution in [2.75, 3.05) is 6.61 Å². The fraction of sp³-hybridized carbons (Fsp3) is 0.786. The summed E-state index contributed by atoms with van der Waals surface area (Å²) in [6.07, 6.45) is 14.8. The minimum Gasteiger partial charge on any atom is -0.394 e. The van der Waals surface area contributed by atoms with Crippen LogP contribution in [0.2, 0.25) is 0 Å². The van der Waals surface area contributed by atoms with Crippen molar-refractivity contribution < 1.29 is 28.9 Å². The van der Waals surface area contributed by atoms with Gasteiger partial charge < -0.3 is 28.9 Å². The third-order valence-electron chi connectivity index (χ3n) is 6.35. The predicted molar refractivity (Wildman–Crippen MR) is 136 cm³/mol. The Morgan fingerprint density at radius 3 is 2.24 bits per heavy atom. The topological polar surface area (TPSA) is 82.1 Å². The van der Waals surface area contributed by atoms with Gasteiger partial charge in [0.2, 0.25) is 0 Å². The van der Waals surface area contributed by atoms with Gasteiger partial charge in [0.1, 0.15) is 18.0 Å². The normalized spacial score (nSPS) is 19.5. The molecule has 0 saturated heterocycles. The zero-order chi connectivity index (χ0) is 25.2. The summed E-state index contributed by atoms with van der Waals surface area (Å²) >= 11 is 0. The highest BCUT2D eigenvalue weighted by atomic mass is 16.7. The van der Waals surface area contributed by atoms with Gasteiger partial charge in [-0.3, -0.25) is 0 Å². The molecule has 1 aliphatic rings. The summed E-state index contributed by atoms with van der Waals surface area (Å²) in [7, 11) is 0. The summed E-state index contributed by atoms with van der Waals surface area (Å²) in [6.45, 7) is 9.33. The first-order valence-electron chi connectivity index (χ1n) is 13.3. The van der Waals surface area contributed by atoms with E-state index < -0.39 is 18.5 Å². The van der Waals surface area contributed by atoms with Gasteiger partial charge >= 0.3 is 0 Å². The number of rotatable bonds is 17. The molecule has 1 fully saturated rings. The molecule has 0 spiro atoms. The Hall–Kier alpha value is -1.34. The van der Waals surface area contributed by atoms with Crippen molar-refractivity contribution >= 4 is 12.1 Å².